The van der Waals surface area contributed by atoms with E-state index in [1.807, 2.05) is 0 Å². The van der Waals surface area contributed by atoms with Crippen LogP contribution in [-0.2, 0) is 9.53 Å². The molecule has 1 saturated heterocycles. The second-order valence-corrected chi connectivity index (χ2v) is 5.90. The normalized spacial score (nSPS) is 19.8. The van der Waals surface area contributed by atoms with Crippen molar-refractivity contribution in [2.24, 2.45) is 10.2 Å². The molecule has 0 saturated carbocycles. The fourth-order valence-electron chi connectivity index (χ4n) is 2.52. The van der Waals surface area contributed by atoms with E-state index in [2.05, 4.69) is 21.1 Å². The summed E-state index contributed by atoms with van der Waals surface area (Å²) in [5.74, 6) is -0.867. The van der Waals surface area contributed by atoms with E-state index in [9.17, 15) is 25.1 Å². The molecule has 1 aliphatic heterocycles. The monoisotopic (exact) mass is 399 g/mol. The van der Waals surface area contributed by atoms with Gasteiger partial charge in [-0.2, -0.15) is 10.2 Å². The number of hydrogen-bond donors (Lipinski definition) is 4. The minimum atomic E-state index is -1.45. The minimum absolute atomic E-state index is 0.0666. The number of carbonyl (C=O) groups excluding carboxylic acids is 1. The van der Waals surface area contributed by atoms with Crippen LogP contribution in [0.2, 0.25) is 0 Å². The number of nitro benzene ring substituents is 1. The summed E-state index contributed by atoms with van der Waals surface area (Å²) in [5, 5.41) is 38.3. The number of hydrogen-bond acceptors (Lipinski definition) is 10. The molecule has 29 heavy (non-hydrogen) atoms. The molecule has 1 heterocycles. The molecule has 4 N–H and O–H groups in total. The standard InChI is InChI=1S/C18H17N5O6/c24-10-14(25)17-15(21-20-12-8-4-5-9-13(12)23(27)28)16(18(26)29-17)22-19-11-6-2-1-3-7-11/h1-9,14,17,19-20,24-25H,10H2. The van der Waals surface area contributed by atoms with Crippen LogP contribution in [0.4, 0.5) is 17.1 Å². The Hall–Kier alpha value is -3.83. The van der Waals surface area contributed by atoms with E-state index in [4.69, 9.17) is 4.74 Å². The lowest BCUT2D eigenvalue weighted by Crippen LogP contribution is -2.36. The Labute approximate surface area is 164 Å². The highest BCUT2D eigenvalue weighted by atomic mass is 16.6. The van der Waals surface area contributed by atoms with Gasteiger partial charge in [-0.25, -0.2) is 4.79 Å². The molecule has 0 aliphatic carbocycles. The quantitative estimate of drug-likeness (QED) is 0.306. The van der Waals surface area contributed by atoms with Gasteiger partial charge >= 0.3 is 5.97 Å². The van der Waals surface area contributed by atoms with Crippen LogP contribution in [0.1, 0.15) is 0 Å². The Balaban J connectivity index is 1.94. The van der Waals surface area contributed by atoms with Gasteiger partial charge in [-0.3, -0.25) is 21.0 Å². The van der Waals surface area contributed by atoms with Crippen molar-refractivity contribution in [3.05, 3.63) is 64.7 Å². The summed E-state index contributed by atoms with van der Waals surface area (Å²) in [6, 6.07) is 14.5. The predicted molar refractivity (Wildman–Crippen MR) is 105 cm³/mol. The third-order valence-electron chi connectivity index (χ3n) is 3.94. The fraction of sp³-hybridized carbons (Fsp3) is 0.167. The molecule has 1 fully saturated rings. The first-order valence-corrected chi connectivity index (χ1v) is 8.47. The number of anilines is 2. The van der Waals surface area contributed by atoms with Crippen LogP contribution in [0.3, 0.4) is 0 Å². The molecule has 11 nitrogen and oxygen atoms in total. The van der Waals surface area contributed by atoms with Gasteiger partial charge < -0.3 is 14.9 Å². The number of carbonyl (C=O) groups is 1. The molecule has 0 amide bonds. The first-order chi connectivity index (χ1) is 14.0. The summed E-state index contributed by atoms with van der Waals surface area (Å²) in [4.78, 5) is 22.8. The first-order valence-electron chi connectivity index (χ1n) is 8.47. The van der Waals surface area contributed by atoms with E-state index in [0.29, 0.717) is 5.69 Å². The number of cyclic esters (lactones) is 1. The molecule has 3 rings (SSSR count). The topological polar surface area (TPSA) is 159 Å². The maximum absolute atomic E-state index is 12.2. The van der Waals surface area contributed by atoms with Crippen LogP contribution in [0.5, 0.6) is 0 Å². The zero-order valence-corrected chi connectivity index (χ0v) is 14.9. The summed E-state index contributed by atoms with van der Waals surface area (Å²) in [6.45, 7) is -0.693. The zero-order chi connectivity index (χ0) is 20.8. The Morgan fingerprint density at radius 1 is 1.10 bits per heavy atom. The van der Waals surface area contributed by atoms with E-state index < -0.39 is 29.7 Å². The van der Waals surface area contributed by atoms with Crippen molar-refractivity contribution in [3.8, 4) is 0 Å². The number of nitrogens with zero attached hydrogens (tertiary/aromatic N) is 3. The lowest BCUT2D eigenvalue weighted by atomic mass is 10.1. The van der Waals surface area contributed by atoms with E-state index in [-0.39, 0.29) is 22.8 Å². The maximum atomic E-state index is 12.2. The van der Waals surface area contributed by atoms with Gasteiger partial charge in [0.15, 0.2) is 11.8 Å². The molecule has 0 radical (unpaired) electrons. The predicted octanol–water partition coefficient (Wildman–Crippen LogP) is 1.11. The van der Waals surface area contributed by atoms with Crippen LogP contribution >= 0.6 is 0 Å². The highest BCUT2D eigenvalue weighted by molar-refractivity contribution is 6.69. The molecule has 1 aliphatic rings. The molecular weight excluding hydrogens is 382 g/mol. The molecule has 2 aromatic carbocycles. The highest BCUT2D eigenvalue weighted by Gasteiger charge is 2.42. The molecule has 0 spiro atoms. The summed E-state index contributed by atoms with van der Waals surface area (Å²) in [6.07, 6.45) is -2.74. The Kier molecular flexibility index (Phi) is 6.12. The molecule has 2 atom stereocenters. The molecular formula is C18H17N5O6. The van der Waals surface area contributed by atoms with Crippen molar-refractivity contribution >= 4 is 34.5 Å². The van der Waals surface area contributed by atoms with Crippen LogP contribution in [0, 0.1) is 10.1 Å². The van der Waals surface area contributed by atoms with Gasteiger partial charge in [-0.05, 0) is 18.2 Å². The van der Waals surface area contributed by atoms with Crippen molar-refractivity contribution in [1.82, 2.24) is 0 Å². The van der Waals surface area contributed by atoms with E-state index in [0.717, 1.165) is 0 Å². The van der Waals surface area contributed by atoms with E-state index in [1.54, 1.807) is 36.4 Å². The summed E-state index contributed by atoms with van der Waals surface area (Å²) in [7, 11) is 0. The second-order valence-electron chi connectivity index (χ2n) is 5.90. The third kappa shape index (κ3) is 4.54. The first kappa shape index (κ1) is 19.9. The number of nitrogens with one attached hydrogen (secondary N) is 2. The number of para-hydroxylation sites is 3. The fourth-order valence-corrected chi connectivity index (χ4v) is 2.52. The van der Waals surface area contributed by atoms with Gasteiger partial charge in [0.1, 0.15) is 17.5 Å². The largest absolute Gasteiger partial charge is 0.448 e. The van der Waals surface area contributed by atoms with Gasteiger partial charge in [-0.15, -0.1) is 0 Å². The van der Waals surface area contributed by atoms with Crippen LogP contribution < -0.4 is 10.9 Å². The lowest BCUT2D eigenvalue weighted by molar-refractivity contribution is -0.384. The smallest absolute Gasteiger partial charge is 0.361 e. The average molecular weight is 399 g/mol. The number of benzene rings is 2. The minimum Gasteiger partial charge on any atom is -0.448 e. The summed E-state index contributed by atoms with van der Waals surface area (Å²) in [5.41, 5.74) is 5.25. The number of esters is 1. The number of nitro groups is 1. The van der Waals surface area contributed by atoms with Crippen LogP contribution in [0.15, 0.2) is 64.8 Å². The molecule has 150 valence electrons. The highest BCUT2D eigenvalue weighted by Crippen LogP contribution is 2.24. The van der Waals surface area contributed by atoms with Gasteiger partial charge in [-0.1, -0.05) is 30.3 Å². The SMILES string of the molecule is O=C1OC(C(O)CO)C(=NNc2ccccc2[N+](=O)[O-])C1=NNc1ccccc1. The van der Waals surface area contributed by atoms with Crippen molar-refractivity contribution in [3.63, 3.8) is 0 Å². The van der Waals surface area contributed by atoms with Crippen LogP contribution in [0.25, 0.3) is 0 Å². The van der Waals surface area contributed by atoms with E-state index in [1.165, 1.54) is 18.2 Å². The number of ether oxygens (including phenoxy) is 1. The van der Waals surface area contributed by atoms with Gasteiger partial charge in [0.2, 0.25) is 0 Å². The molecule has 11 heteroatoms. The maximum Gasteiger partial charge on any atom is 0.361 e. The van der Waals surface area contributed by atoms with E-state index >= 15 is 0 Å². The molecule has 0 bridgehead atoms. The van der Waals surface area contributed by atoms with Gasteiger partial charge in [0.05, 0.1) is 17.2 Å². The van der Waals surface area contributed by atoms with Crippen molar-refractivity contribution in [2.75, 3.05) is 17.5 Å². The molecule has 2 unspecified atom stereocenters. The Morgan fingerprint density at radius 2 is 1.79 bits per heavy atom. The van der Waals surface area contributed by atoms with Gasteiger partial charge in [0.25, 0.3) is 5.69 Å². The second kappa shape index (κ2) is 8.91. The number of aliphatic hydroxyl groups excluding tert-OH is 2. The average Bonchev–Trinajstić information content (AvgIpc) is 3.06. The summed E-state index contributed by atoms with van der Waals surface area (Å²) >= 11 is 0. The Bertz CT molecular complexity index is 962. The molecule has 2 aromatic rings. The molecule has 0 aromatic heterocycles. The third-order valence-corrected chi connectivity index (χ3v) is 3.94. The number of hydrazone groups is 2. The summed E-state index contributed by atoms with van der Waals surface area (Å²) < 4.78 is 5.07. The van der Waals surface area contributed by atoms with Gasteiger partial charge in [0, 0.05) is 6.07 Å². The van der Waals surface area contributed by atoms with Crippen molar-refractivity contribution in [1.29, 1.82) is 0 Å². The van der Waals surface area contributed by atoms with Crippen LogP contribution in [-0.4, -0.2) is 51.3 Å². The number of rotatable bonds is 7. The zero-order valence-electron chi connectivity index (χ0n) is 14.9. The number of aliphatic hydroxyl groups is 2. The van der Waals surface area contributed by atoms with Crippen molar-refractivity contribution < 1.29 is 24.7 Å². The lowest BCUT2D eigenvalue weighted by Gasteiger charge is -2.14. The Morgan fingerprint density at radius 3 is 2.48 bits per heavy atom. The van der Waals surface area contributed by atoms with Crippen molar-refractivity contribution in [2.45, 2.75) is 12.2 Å².